The number of hydrogen-bond donors (Lipinski definition) is 2. The molecule has 1 atom stereocenters. The van der Waals surface area contributed by atoms with Crippen molar-refractivity contribution in [2.45, 2.75) is 45.8 Å². The Hall–Kier alpha value is -1.29. The lowest BCUT2D eigenvalue weighted by molar-refractivity contribution is -0.121. The largest absolute Gasteiger partial charge is 0.388 e. The number of amides is 1. The number of rotatable bonds is 7. The van der Waals surface area contributed by atoms with Crippen molar-refractivity contribution in [3.8, 4) is 0 Å². The molecular weight excluding hydrogens is 216 g/mol. The number of carbonyl (C=O) groups is 1. The molecule has 2 N–H and O–H groups in total. The quantitative estimate of drug-likeness (QED) is 0.712. The number of unbranched alkanes of at least 4 members (excludes halogenated alkanes) is 1. The molecule has 17 heavy (non-hydrogen) atoms. The van der Waals surface area contributed by atoms with E-state index in [-0.39, 0.29) is 5.91 Å². The second-order valence-corrected chi connectivity index (χ2v) is 4.24. The third kappa shape index (κ3) is 4.61. The topological polar surface area (TPSA) is 54.3 Å². The zero-order chi connectivity index (χ0) is 12.7. The van der Waals surface area contributed by atoms with Crippen molar-refractivity contribution < 1.29 is 9.90 Å². The predicted octanol–water partition coefficient (Wildman–Crippen LogP) is 1.85. The van der Waals surface area contributed by atoms with Crippen LogP contribution in [0.25, 0.3) is 0 Å². The minimum absolute atomic E-state index is 0.0200. The second kappa shape index (κ2) is 7.12. The summed E-state index contributed by atoms with van der Waals surface area (Å²) < 4.78 is 1.80. The van der Waals surface area contributed by atoms with Gasteiger partial charge in [-0.05, 0) is 24.5 Å². The van der Waals surface area contributed by atoms with Crippen molar-refractivity contribution in [1.82, 2.24) is 9.88 Å². The smallest absolute Gasteiger partial charge is 0.239 e. The number of nitrogens with one attached hydrogen (secondary N) is 1. The first-order valence-electron chi connectivity index (χ1n) is 6.27. The summed E-state index contributed by atoms with van der Waals surface area (Å²) in [6, 6.07) is 1.85. The maximum Gasteiger partial charge on any atom is 0.239 e. The Morgan fingerprint density at radius 1 is 1.53 bits per heavy atom. The van der Waals surface area contributed by atoms with Crippen LogP contribution in [0.2, 0.25) is 0 Å². The third-order valence-corrected chi connectivity index (χ3v) is 2.72. The van der Waals surface area contributed by atoms with Crippen LogP contribution in [-0.4, -0.2) is 22.1 Å². The number of nitrogens with zero attached hydrogens (tertiary/aromatic N) is 1. The fourth-order valence-corrected chi connectivity index (χ4v) is 1.62. The van der Waals surface area contributed by atoms with Gasteiger partial charge in [0, 0.05) is 18.9 Å². The van der Waals surface area contributed by atoms with E-state index < -0.39 is 6.10 Å². The first kappa shape index (κ1) is 13.8. The normalized spacial score (nSPS) is 12.4. The predicted molar refractivity (Wildman–Crippen MR) is 67.6 cm³/mol. The first-order chi connectivity index (χ1) is 8.17. The Balaban J connectivity index is 2.40. The van der Waals surface area contributed by atoms with Gasteiger partial charge in [-0.25, -0.2) is 0 Å². The van der Waals surface area contributed by atoms with E-state index in [1.54, 1.807) is 4.57 Å². The number of aliphatic hydroxyl groups excluding tert-OH is 1. The Kier molecular flexibility index (Phi) is 5.77. The molecule has 4 nitrogen and oxygen atoms in total. The van der Waals surface area contributed by atoms with Crippen LogP contribution in [-0.2, 0) is 11.3 Å². The maximum absolute atomic E-state index is 11.5. The highest BCUT2D eigenvalue weighted by Gasteiger charge is 2.07. The molecule has 0 bridgehead atoms. The summed E-state index contributed by atoms with van der Waals surface area (Å²) >= 11 is 0. The molecule has 0 spiro atoms. The highest BCUT2D eigenvalue weighted by Crippen LogP contribution is 2.15. The molecule has 1 aromatic heterocycles. The minimum Gasteiger partial charge on any atom is -0.388 e. The highest BCUT2D eigenvalue weighted by molar-refractivity contribution is 5.75. The summed E-state index contributed by atoms with van der Waals surface area (Å²) in [4.78, 5) is 11.5. The van der Waals surface area contributed by atoms with E-state index in [9.17, 15) is 9.90 Å². The third-order valence-electron chi connectivity index (χ3n) is 2.72. The van der Waals surface area contributed by atoms with Gasteiger partial charge in [0.15, 0.2) is 0 Å². The Labute approximate surface area is 103 Å². The van der Waals surface area contributed by atoms with Crippen LogP contribution < -0.4 is 5.32 Å². The van der Waals surface area contributed by atoms with Crippen LogP contribution in [0.3, 0.4) is 0 Å². The molecule has 1 aromatic rings. The molecule has 0 saturated heterocycles. The van der Waals surface area contributed by atoms with Crippen molar-refractivity contribution in [1.29, 1.82) is 0 Å². The Morgan fingerprint density at radius 2 is 2.29 bits per heavy atom. The van der Waals surface area contributed by atoms with Gasteiger partial charge >= 0.3 is 0 Å². The lowest BCUT2D eigenvalue weighted by Gasteiger charge is -2.06. The van der Waals surface area contributed by atoms with Gasteiger partial charge in [-0.3, -0.25) is 4.79 Å². The van der Waals surface area contributed by atoms with Crippen molar-refractivity contribution in [2.24, 2.45) is 0 Å². The van der Waals surface area contributed by atoms with Gasteiger partial charge in [0.1, 0.15) is 6.54 Å². The molecule has 1 amide bonds. The van der Waals surface area contributed by atoms with Gasteiger partial charge in [-0.15, -0.1) is 0 Å². The molecule has 0 aliphatic heterocycles. The molecule has 1 unspecified atom stereocenters. The van der Waals surface area contributed by atoms with E-state index >= 15 is 0 Å². The molecule has 0 radical (unpaired) electrons. The fraction of sp³-hybridized carbons (Fsp3) is 0.615. The van der Waals surface area contributed by atoms with Gasteiger partial charge in [-0.2, -0.15) is 0 Å². The first-order valence-corrected chi connectivity index (χ1v) is 6.27. The summed E-state index contributed by atoms with van der Waals surface area (Å²) in [7, 11) is 0. The summed E-state index contributed by atoms with van der Waals surface area (Å²) in [5.74, 6) is 0.0200. The van der Waals surface area contributed by atoms with E-state index in [4.69, 9.17) is 0 Å². The van der Waals surface area contributed by atoms with Crippen molar-refractivity contribution in [2.75, 3.05) is 6.54 Å². The molecule has 0 aliphatic rings. The molecule has 0 aliphatic carbocycles. The van der Waals surface area contributed by atoms with Crippen LogP contribution in [0, 0.1) is 0 Å². The lowest BCUT2D eigenvalue weighted by Crippen LogP contribution is -2.27. The summed E-state index contributed by atoms with van der Waals surface area (Å²) in [5.41, 5.74) is 0.869. The molecule has 1 heterocycles. The van der Waals surface area contributed by atoms with Gasteiger partial charge in [-0.1, -0.05) is 20.3 Å². The van der Waals surface area contributed by atoms with E-state index in [1.165, 1.54) is 0 Å². The summed E-state index contributed by atoms with van der Waals surface area (Å²) in [6.07, 6.45) is 6.00. The number of aromatic nitrogens is 1. The molecule has 0 aromatic carbocycles. The molecular formula is C13H22N2O2. The second-order valence-electron chi connectivity index (χ2n) is 4.24. The average molecular weight is 238 g/mol. The van der Waals surface area contributed by atoms with E-state index in [0.29, 0.717) is 13.0 Å². The number of hydrogen-bond acceptors (Lipinski definition) is 2. The number of aliphatic hydroxyl groups is 1. The monoisotopic (exact) mass is 238 g/mol. The van der Waals surface area contributed by atoms with Crippen LogP contribution in [0.4, 0.5) is 0 Å². The molecule has 1 rings (SSSR count). The summed E-state index contributed by atoms with van der Waals surface area (Å²) in [5, 5.41) is 12.5. The van der Waals surface area contributed by atoms with Gasteiger partial charge < -0.3 is 15.0 Å². The van der Waals surface area contributed by atoms with Crippen LogP contribution >= 0.6 is 0 Å². The van der Waals surface area contributed by atoms with Crippen LogP contribution in [0.1, 0.15) is 44.8 Å². The minimum atomic E-state index is -0.431. The SMILES string of the molecule is CCCCNC(=O)Cn1ccc(C(O)CC)c1. The number of carbonyl (C=O) groups excluding carboxylic acids is 1. The zero-order valence-corrected chi connectivity index (χ0v) is 10.6. The zero-order valence-electron chi connectivity index (χ0n) is 10.6. The van der Waals surface area contributed by atoms with Gasteiger partial charge in [0.25, 0.3) is 0 Å². The molecule has 0 fully saturated rings. The molecule has 0 saturated carbocycles. The van der Waals surface area contributed by atoms with Crippen molar-refractivity contribution >= 4 is 5.91 Å². The van der Waals surface area contributed by atoms with Gasteiger partial charge in [0.05, 0.1) is 6.10 Å². The molecule has 4 heteroatoms. The Bertz CT molecular complexity index is 347. The van der Waals surface area contributed by atoms with Crippen LogP contribution in [0.5, 0.6) is 0 Å². The van der Waals surface area contributed by atoms with Crippen LogP contribution in [0.15, 0.2) is 18.5 Å². The standard InChI is InChI=1S/C13H22N2O2/c1-3-5-7-14-13(17)10-15-8-6-11(9-15)12(16)4-2/h6,8-9,12,16H,3-5,7,10H2,1-2H3,(H,14,17). The van der Waals surface area contributed by atoms with Crippen molar-refractivity contribution in [3.63, 3.8) is 0 Å². The van der Waals surface area contributed by atoms with E-state index in [2.05, 4.69) is 12.2 Å². The fourth-order valence-electron chi connectivity index (χ4n) is 1.62. The molecule has 96 valence electrons. The maximum atomic E-state index is 11.5. The van der Waals surface area contributed by atoms with E-state index in [1.807, 2.05) is 25.4 Å². The van der Waals surface area contributed by atoms with Crippen molar-refractivity contribution in [3.05, 3.63) is 24.0 Å². The average Bonchev–Trinajstić information content (AvgIpc) is 2.77. The highest BCUT2D eigenvalue weighted by atomic mass is 16.3. The Morgan fingerprint density at radius 3 is 2.94 bits per heavy atom. The van der Waals surface area contributed by atoms with E-state index in [0.717, 1.165) is 24.9 Å². The summed E-state index contributed by atoms with van der Waals surface area (Å²) in [6.45, 7) is 5.08. The van der Waals surface area contributed by atoms with Gasteiger partial charge in [0.2, 0.25) is 5.91 Å². The lowest BCUT2D eigenvalue weighted by atomic mass is 10.1.